The zero-order valence-electron chi connectivity index (χ0n) is 13.9. The maximum Gasteiger partial charge on any atom is 0.246 e. The van der Waals surface area contributed by atoms with Crippen LogP contribution in [0.1, 0.15) is 52.9 Å². The minimum atomic E-state index is -0.365. The Bertz CT molecular complexity index is 391. The van der Waals surface area contributed by atoms with Crippen LogP contribution in [-0.2, 0) is 19.2 Å². The van der Waals surface area contributed by atoms with Crippen LogP contribution < -0.4 is 5.48 Å². The van der Waals surface area contributed by atoms with E-state index in [9.17, 15) is 9.59 Å². The number of likely N-dealkylation sites (tertiary alicyclic amines) is 1. The Balaban J connectivity index is 1.71. The Labute approximate surface area is 132 Å². The van der Waals surface area contributed by atoms with Gasteiger partial charge in [0.2, 0.25) is 11.8 Å². The zero-order valence-corrected chi connectivity index (χ0v) is 13.9. The number of carbonyl (C=O) groups is 2. The van der Waals surface area contributed by atoms with Crippen LogP contribution in [0.4, 0.5) is 0 Å². The molecule has 2 rings (SSSR count). The van der Waals surface area contributed by atoms with Gasteiger partial charge in [0, 0.05) is 37.5 Å². The van der Waals surface area contributed by atoms with E-state index < -0.39 is 0 Å². The third-order valence-electron chi connectivity index (χ3n) is 4.22. The molecule has 0 saturated carbocycles. The molecule has 0 aromatic heterocycles. The van der Waals surface area contributed by atoms with E-state index in [1.807, 2.05) is 25.7 Å². The van der Waals surface area contributed by atoms with Gasteiger partial charge in [-0.05, 0) is 25.7 Å². The number of nitrogens with one attached hydrogen (secondary N) is 1. The highest BCUT2D eigenvalue weighted by atomic mass is 16.8. The summed E-state index contributed by atoms with van der Waals surface area (Å²) < 4.78 is 5.41. The van der Waals surface area contributed by atoms with Crippen LogP contribution in [0.15, 0.2) is 0 Å². The van der Waals surface area contributed by atoms with Crippen molar-refractivity contribution in [3.05, 3.63) is 0 Å². The van der Waals surface area contributed by atoms with E-state index in [1.54, 1.807) is 0 Å². The Morgan fingerprint density at radius 1 is 1.14 bits per heavy atom. The number of hydroxylamine groups is 1. The third-order valence-corrected chi connectivity index (χ3v) is 4.22. The van der Waals surface area contributed by atoms with Gasteiger partial charge in [0.15, 0.2) is 6.29 Å². The van der Waals surface area contributed by atoms with E-state index in [4.69, 9.17) is 9.57 Å². The van der Waals surface area contributed by atoms with Crippen LogP contribution in [0.2, 0.25) is 0 Å². The van der Waals surface area contributed by atoms with E-state index in [1.165, 1.54) is 0 Å². The highest BCUT2D eigenvalue weighted by molar-refractivity contribution is 5.82. The minimum Gasteiger partial charge on any atom is -0.350 e. The van der Waals surface area contributed by atoms with Gasteiger partial charge in [0.05, 0.1) is 0 Å². The fourth-order valence-corrected chi connectivity index (χ4v) is 2.83. The summed E-state index contributed by atoms with van der Waals surface area (Å²) in [5.41, 5.74) is 2.16. The van der Waals surface area contributed by atoms with Crippen LogP contribution in [0.25, 0.3) is 0 Å². The molecule has 2 fully saturated rings. The molecule has 2 aliphatic heterocycles. The number of ether oxygens (including phenoxy) is 1. The molecular formula is C16H28N2O4. The molecule has 2 heterocycles. The molecule has 0 aliphatic carbocycles. The number of hydrogen-bond donors (Lipinski definition) is 1. The van der Waals surface area contributed by atoms with E-state index in [2.05, 4.69) is 5.48 Å². The molecule has 1 N–H and O–H groups in total. The minimum absolute atomic E-state index is 0.0902. The predicted octanol–water partition coefficient (Wildman–Crippen LogP) is 1.85. The Kier molecular flexibility index (Phi) is 5.81. The zero-order chi connectivity index (χ0) is 16.2. The summed E-state index contributed by atoms with van der Waals surface area (Å²) in [6.07, 6.45) is 3.98. The molecule has 2 amide bonds. The molecule has 0 radical (unpaired) electrons. The van der Waals surface area contributed by atoms with E-state index in [-0.39, 0.29) is 29.4 Å². The molecule has 22 heavy (non-hydrogen) atoms. The van der Waals surface area contributed by atoms with Gasteiger partial charge in [-0.15, -0.1) is 0 Å². The van der Waals surface area contributed by atoms with Gasteiger partial charge in [-0.1, -0.05) is 20.8 Å². The van der Waals surface area contributed by atoms with Crippen molar-refractivity contribution in [1.82, 2.24) is 10.4 Å². The van der Waals surface area contributed by atoms with E-state index in [0.29, 0.717) is 32.5 Å². The van der Waals surface area contributed by atoms with Gasteiger partial charge < -0.3 is 9.64 Å². The summed E-state index contributed by atoms with van der Waals surface area (Å²) in [5, 5.41) is 0. The molecule has 0 bridgehead atoms. The number of hydrogen-bond acceptors (Lipinski definition) is 4. The summed E-state index contributed by atoms with van der Waals surface area (Å²) >= 11 is 0. The SMILES string of the molecule is CC(C)(C)C(=O)N1CCC(C(=O)NO[C@@H]2CCCCO2)CC1. The van der Waals surface area contributed by atoms with Gasteiger partial charge in [-0.25, -0.2) is 10.3 Å². The van der Waals surface area contributed by atoms with Gasteiger partial charge in [0.25, 0.3) is 0 Å². The van der Waals surface area contributed by atoms with E-state index in [0.717, 1.165) is 19.3 Å². The predicted molar refractivity (Wildman–Crippen MR) is 81.6 cm³/mol. The van der Waals surface area contributed by atoms with Crippen molar-refractivity contribution in [3.63, 3.8) is 0 Å². The molecule has 0 aromatic carbocycles. The van der Waals surface area contributed by atoms with Crippen LogP contribution in [0.5, 0.6) is 0 Å². The molecule has 126 valence electrons. The summed E-state index contributed by atoms with van der Waals surface area (Å²) in [5.74, 6) is -0.0390. The number of carbonyl (C=O) groups excluding carboxylic acids is 2. The van der Waals surface area contributed by atoms with Crippen molar-refractivity contribution in [2.75, 3.05) is 19.7 Å². The first-order valence-electron chi connectivity index (χ1n) is 8.24. The lowest BCUT2D eigenvalue weighted by atomic mass is 9.91. The molecule has 1 atom stereocenters. The maximum absolute atomic E-state index is 12.2. The highest BCUT2D eigenvalue weighted by Gasteiger charge is 2.32. The smallest absolute Gasteiger partial charge is 0.246 e. The molecule has 0 aromatic rings. The van der Waals surface area contributed by atoms with Gasteiger partial charge in [-0.2, -0.15) is 0 Å². The first-order valence-corrected chi connectivity index (χ1v) is 8.24. The topological polar surface area (TPSA) is 67.9 Å². The maximum atomic E-state index is 12.2. The van der Waals surface area contributed by atoms with Crippen molar-refractivity contribution < 1.29 is 19.2 Å². The van der Waals surface area contributed by atoms with Crippen molar-refractivity contribution in [1.29, 1.82) is 0 Å². The first kappa shape index (κ1) is 17.2. The standard InChI is InChI=1S/C16H28N2O4/c1-16(2,3)15(20)18-9-7-12(8-10-18)14(19)17-22-13-6-4-5-11-21-13/h12-13H,4-11H2,1-3H3,(H,17,19)/t13-/m1/s1. The van der Waals surface area contributed by atoms with Gasteiger partial charge in [0.1, 0.15) is 0 Å². The number of nitrogens with zero attached hydrogens (tertiary/aromatic N) is 1. The van der Waals surface area contributed by atoms with Crippen molar-refractivity contribution >= 4 is 11.8 Å². The lowest BCUT2D eigenvalue weighted by Gasteiger charge is -2.35. The first-order chi connectivity index (χ1) is 10.4. The highest BCUT2D eigenvalue weighted by Crippen LogP contribution is 2.23. The van der Waals surface area contributed by atoms with Gasteiger partial charge in [-0.3, -0.25) is 9.59 Å². The van der Waals surface area contributed by atoms with Gasteiger partial charge >= 0.3 is 0 Å². The average Bonchev–Trinajstić information content (AvgIpc) is 2.52. The van der Waals surface area contributed by atoms with Crippen LogP contribution in [0.3, 0.4) is 0 Å². The monoisotopic (exact) mass is 312 g/mol. The van der Waals surface area contributed by atoms with Crippen molar-refractivity contribution in [2.24, 2.45) is 11.3 Å². The molecule has 2 saturated heterocycles. The largest absolute Gasteiger partial charge is 0.350 e. The molecule has 0 unspecified atom stereocenters. The number of piperidine rings is 1. The third kappa shape index (κ3) is 4.68. The quantitative estimate of drug-likeness (QED) is 0.808. The average molecular weight is 312 g/mol. The lowest BCUT2D eigenvalue weighted by molar-refractivity contribution is -0.202. The Hall–Kier alpha value is -1.14. The fraction of sp³-hybridized carbons (Fsp3) is 0.875. The van der Waals surface area contributed by atoms with E-state index >= 15 is 0 Å². The Morgan fingerprint density at radius 3 is 2.36 bits per heavy atom. The Morgan fingerprint density at radius 2 is 1.82 bits per heavy atom. The van der Waals surface area contributed by atoms with Crippen LogP contribution >= 0.6 is 0 Å². The molecule has 0 spiro atoms. The molecular weight excluding hydrogens is 284 g/mol. The summed E-state index contributed by atoms with van der Waals surface area (Å²) in [7, 11) is 0. The summed E-state index contributed by atoms with van der Waals surface area (Å²) in [6.45, 7) is 7.72. The lowest BCUT2D eigenvalue weighted by Crippen LogP contribution is -2.47. The van der Waals surface area contributed by atoms with Crippen LogP contribution in [-0.4, -0.2) is 42.7 Å². The van der Waals surface area contributed by atoms with Crippen molar-refractivity contribution in [2.45, 2.75) is 59.2 Å². The number of amides is 2. The molecule has 2 aliphatic rings. The fourth-order valence-electron chi connectivity index (χ4n) is 2.83. The van der Waals surface area contributed by atoms with Crippen LogP contribution in [0, 0.1) is 11.3 Å². The normalized spacial score (nSPS) is 24.1. The van der Waals surface area contributed by atoms with Crippen molar-refractivity contribution in [3.8, 4) is 0 Å². The molecule has 6 heteroatoms. The second-order valence-corrected chi connectivity index (χ2v) is 7.20. The summed E-state index contributed by atoms with van der Waals surface area (Å²) in [6, 6.07) is 0. The second kappa shape index (κ2) is 7.42. The second-order valence-electron chi connectivity index (χ2n) is 7.20. The molecule has 6 nitrogen and oxygen atoms in total. The summed E-state index contributed by atoms with van der Waals surface area (Å²) in [4.78, 5) is 31.5. The number of rotatable bonds is 3.